The van der Waals surface area contributed by atoms with Crippen LogP contribution in [0.5, 0.6) is 5.75 Å². The number of benzene rings is 2. The van der Waals surface area contributed by atoms with E-state index in [1.165, 1.54) is 0 Å². The molecule has 0 radical (unpaired) electrons. The Kier molecular flexibility index (Phi) is 6.27. The third kappa shape index (κ3) is 4.57. The van der Waals surface area contributed by atoms with Gasteiger partial charge in [0.05, 0.1) is 12.8 Å². The van der Waals surface area contributed by atoms with Crippen LogP contribution in [0.4, 0.5) is 5.95 Å². The Morgan fingerprint density at radius 1 is 1.15 bits per heavy atom. The number of hydrogen-bond donors (Lipinski definition) is 2. The summed E-state index contributed by atoms with van der Waals surface area (Å²) in [6, 6.07) is 16.5. The van der Waals surface area contributed by atoms with Crippen molar-refractivity contribution in [3.8, 4) is 17.0 Å². The number of rotatable bonds is 5. The van der Waals surface area contributed by atoms with E-state index in [2.05, 4.69) is 15.3 Å². The van der Waals surface area contributed by atoms with Crippen molar-refractivity contribution in [3.05, 3.63) is 71.9 Å². The van der Waals surface area contributed by atoms with E-state index < -0.39 is 0 Å². The molecule has 2 aromatic carbocycles. The van der Waals surface area contributed by atoms with Crippen LogP contribution in [-0.4, -0.2) is 23.0 Å². The summed E-state index contributed by atoms with van der Waals surface area (Å²) in [4.78, 5) is 20.3. The summed E-state index contributed by atoms with van der Waals surface area (Å²) < 4.78 is 5.18. The molecule has 0 saturated heterocycles. The molecule has 3 rings (SSSR count). The second-order valence-corrected chi connectivity index (χ2v) is 5.41. The van der Waals surface area contributed by atoms with Crippen LogP contribution in [0.25, 0.3) is 11.3 Å². The molecular weight excluding hydrogens is 328 g/mol. The van der Waals surface area contributed by atoms with Gasteiger partial charge in [0.15, 0.2) is 0 Å². The van der Waals surface area contributed by atoms with Crippen molar-refractivity contribution in [2.75, 3.05) is 12.8 Å². The van der Waals surface area contributed by atoms with E-state index in [1.54, 1.807) is 31.5 Å². The molecule has 1 heterocycles. The van der Waals surface area contributed by atoms with Crippen LogP contribution in [0.3, 0.4) is 0 Å². The van der Waals surface area contributed by atoms with E-state index >= 15 is 0 Å². The second-order valence-electron chi connectivity index (χ2n) is 5.41. The first kappa shape index (κ1) is 18.9. The SMILES string of the molecule is C.COc1cccc(CNC(=O)c2ccc(-c3ccnc(N)n3)cc2)c1. The molecule has 0 fully saturated rings. The summed E-state index contributed by atoms with van der Waals surface area (Å²) in [6.07, 6.45) is 1.60. The third-order valence-electron chi connectivity index (χ3n) is 3.70. The summed E-state index contributed by atoms with van der Waals surface area (Å²) in [6.45, 7) is 0.431. The van der Waals surface area contributed by atoms with E-state index in [-0.39, 0.29) is 19.3 Å². The molecule has 0 aliphatic carbocycles. The van der Waals surface area contributed by atoms with Gasteiger partial charge < -0.3 is 15.8 Å². The Hall–Kier alpha value is -3.41. The number of nitrogens with one attached hydrogen (secondary N) is 1. The molecule has 1 aromatic heterocycles. The lowest BCUT2D eigenvalue weighted by molar-refractivity contribution is 0.0951. The van der Waals surface area contributed by atoms with E-state index in [9.17, 15) is 4.79 Å². The Morgan fingerprint density at radius 3 is 2.62 bits per heavy atom. The van der Waals surface area contributed by atoms with Crippen LogP contribution in [-0.2, 0) is 6.54 Å². The summed E-state index contributed by atoms with van der Waals surface area (Å²) in [7, 11) is 1.62. The third-order valence-corrected chi connectivity index (χ3v) is 3.70. The molecule has 0 bridgehead atoms. The zero-order chi connectivity index (χ0) is 17.6. The highest BCUT2D eigenvalue weighted by Gasteiger charge is 2.07. The highest BCUT2D eigenvalue weighted by molar-refractivity contribution is 5.94. The molecule has 134 valence electrons. The molecule has 0 unspecified atom stereocenters. The average Bonchev–Trinajstić information content (AvgIpc) is 2.66. The number of carbonyl (C=O) groups excluding carboxylic acids is 1. The molecular formula is C20H22N4O2. The topological polar surface area (TPSA) is 90.1 Å². The number of nitrogen functional groups attached to an aromatic ring is 1. The van der Waals surface area contributed by atoms with Crippen molar-refractivity contribution in [1.29, 1.82) is 0 Å². The van der Waals surface area contributed by atoms with Crippen molar-refractivity contribution in [3.63, 3.8) is 0 Å². The minimum atomic E-state index is -0.142. The summed E-state index contributed by atoms with van der Waals surface area (Å²) in [5.74, 6) is 0.842. The molecule has 0 aliphatic rings. The maximum absolute atomic E-state index is 12.3. The Balaban J connectivity index is 0.00000243. The van der Waals surface area contributed by atoms with Crippen LogP contribution in [0.1, 0.15) is 23.3 Å². The van der Waals surface area contributed by atoms with Crippen molar-refractivity contribution < 1.29 is 9.53 Å². The predicted octanol–water partition coefficient (Wildman–Crippen LogP) is 3.30. The number of nitrogens with zero attached hydrogens (tertiary/aromatic N) is 2. The van der Waals surface area contributed by atoms with Gasteiger partial charge in [0, 0.05) is 23.9 Å². The Bertz CT molecular complexity index is 879. The summed E-state index contributed by atoms with van der Waals surface area (Å²) in [5.41, 5.74) is 8.74. The maximum atomic E-state index is 12.3. The lowest BCUT2D eigenvalue weighted by Gasteiger charge is -2.08. The van der Waals surface area contributed by atoms with Crippen LogP contribution < -0.4 is 15.8 Å². The molecule has 0 spiro atoms. The lowest BCUT2D eigenvalue weighted by Crippen LogP contribution is -2.22. The van der Waals surface area contributed by atoms with Crippen molar-refractivity contribution in [2.24, 2.45) is 0 Å². The number of ether oxygens (including phenoxy) is 1. The molecule has 3 aromatic rings. The van der Waals surface area contributed by atoms with Gasteiger partial charge in [-0.25, -0.2) is 9.97 Å². The van der Waals surface area contributed by atoms with Gasteiger partial charge in [-0.3, -0.25) is 4.79 Å². The fourth-order valence-corrected chi connectivity index (χ4v) is 2.39. The first-order valence-electron chi connectivity index (χ1n) is 7.76. The van der Waals surface area contributed by atoms with Gasteiger partial charge in [0.25, 0.3) is 5.91 Å². The monoisotopic (exact) mass is 350 g/mol. The number of aromatic nitrogens is 2. The zero-order valence-corrected chi connectivity index (χ0v) is 13.8. The molecule has 1 amide bonds. The molecule has 3 N–H and O–H groups in total. The van der Waals surface area contributed by atoms with Crippen LogP contribution in [0.15, 0.2) is 60.8 Å². The number of carbonyl (C=O) groups is 1. The van der Waals surface area contributed by atoms with Gasteiger partial charge in [0.1, 0.15) is 5.75 Å². The highest BCUT2D eigenvalue weighted by Crippen LogP contribution is 2.18. The second kappa shape index (κ2) is 8.62. The minimum absolute atomic E-state index is 0. The Morgan fingerprint density at radius 2 is 1.92 bits per heavy atom. The molecule has 0 aliphatic heterocycles. The zero-order valence-electron chi connectivity index (χ0n) is 13.8. The van der Waals surface area contributed by atoms with Crippen molar-refractivity contribution in [1.82, 2.24) is 15.3 Å². The predicted molar refractivity (Wildman–Crippen MR) is 103 cm³/mol. The molecule has 6 heteroatoms. The smallest absolute Gasteiger partial charge is 0.251 e. The number of amides is 1. The maximum Gasteiger partial charge on any atom is 0.251 e. The molecule has 0 saturated carbocycles. The lowest BCUT2D eigenvalue weighted by atomic mass is 10.1. The number of methoxy groups -OCH3 is 1. The number of hydrogen-bond acceptors (Lipinski definition) is 5. The van der Waals surface area contributed by atoms with Gasteiger partial charge in [-0.05, 0) is 35.9 Å². The number of nitrogens with two attached hydrogens (primary N) is 1. The van der Waals surface area contributed by atoms with Gasteiger partial charge in [-0.15, -0.1) is 0 Å². The van der Waals surface area contributed by atoms with Gasteiger partial charge >= 0.3 is 0 Å². The van der Waals surface area contributed by atoms with Gasteiger partial charge in [0.2, 0.25) is 5.95 Å². The van der Waals surface area contributed by atoms with E-state index in [0.29, 0.717) is 12.1 Å². The molecule has 0 atom stereocenters. The average molecular weight is 350 g/mol. The van der Waals surface area contributed by atoms with Gasteiger partial charge in [-0.2, -0.15) is 0 Å². The fraction of sp³-hybridized carbons (Fsp3) is 0.150. The highest BCUT2D eigenvalue weighted by atomic mass is 16.5. The molecule has 26 heavy (non-hydrogen) atoms. The summed E-state index contributed by atoms with van der Waals surface area (Å²) >= 11 is 0. The van der Waals surface area contributed by atoms with Crippen LogP contribution in [0.2, 0.25) is 0 Å². The van der Waals surface area contributed by atoms with Crippen LogP contribution >= 0.6 is 0 Å². The quantitative estimate of drug-likeness (QED) is 0.737. The first-order valence-corrected chi connectivity index (χ1v) is 7.76. The standard InChI is InChI=1S/C19H18N4O2.CH4/c1-25-16-4-2-3-13(11-16)12-22-18(24)15-7-5-14(6-8-15)17-9-10-21-19(20)23-17;/h2-11H,12H2,1H3,(H,22,24)(H2,20,21,23);1H4. The van der Waals surface area contributed by atoms with Crippen molar-refractivity contribution >= 4 is 11.9 Å². The summed E-state index contributed by atoms with van der Waals surface area (Å²) in [5, 5.41) is 2.89. The van der Waals surface area contributed by atoms with Crippen molar-refractivity contribution in [2.45, 2.75) is 14.0 Å². The largest absolute Gasteiger partial charge is 0.497 e. The Labute approximate surface area is 153 Å². The van der Waals surface area contributed by atoms with E-state index in [4.69, 9.17) is 10.5 Å². The first-order chi connectivity index (χ1) is 12.2. The van der Waals surface area contributed by atoms with Gasteiger partial charge in [-0.1, -0.05) is 31.7 Å². The van der Waals surface area contributed by atoms with Crippen LogP contribution in [0, 0.1) is 0 Å². The van der Waals surface area contributed by atoms with E-state index in [1.807, 2.05) is 36.4 Å². The number of anilines is 1. The van der Waals surface area contributed by atoms with E-state index in [0.717, 1.165) is 22.6 Å². The normalized spacial score (nSPS) is 9.88. The fourth-order valence-electron chi connectivity index (χ4n) is 2.39. The minimum Gasteiger partial charge on any atom is -0.497 e. The molecule has 6 nitrogen and oxygen atoms in total.